The summed E-state index contributed by atoms with van der Waals surface area (Å²) in [4.78, 5) is 30.0. The van der Waals surface area contributed by atoms with Crippen molar-refractivity contribution in [1.29, 1.82) is 0 Å². The van der Waals surface area contributed by atoms with E-state index in [1.807, 2.05) is 18.2 Å². The van der Waals surface area contributed by atoms with Crippen LogP contribution in [0.3, 0.4) is 0 Å². The molecule has 0 saturated heterocycles. The third-order valence-corrected chi connectivity index (χ3v) is 6.57. The van der Waals surface area contributed by atoms with Gasteiger partial charge in [-0.15, -0.1) is 0 Å². The molecule has 1 aromatic heterocycles. The zero-order valence-electron chi connectivity index (χ0n) is 19.7. The molecule has 0 N–H and O–H groups in total. The van der Waals surface area contributed by atoms with Gasteiger partial charge < -0.3 is 9.47 Å². The van der Waals surface area contributed by atoms with Gasteiger partial charge in [0.05, 0.1) is 33.8 Å². The molecule has 1 fully saturated rings. The summed E-state index contributed by atoms with van der Waals surface area (Å²) in [5, 5.41) is 5.45. The lowest BCUT2D eigenvalue weighted by Crippen LogP contribution is -2.26. The lowest BCUT2D eigenvalue weighted by atomic mass is 9.88. The molecule has 1 aliphatic carbocycles. The summed E-state index contributed by atoms with van der Waals surface area (Å²) < 4.78 is 12.0. The van der Waals surface area contributed by atoms with Gasteiger partial charge in [-0.25, -0.2) is 9.78 Å². The van der Waals surface area contributed by atoms with Gasteiger partial charge in [-0.2, -0.15) is 9.78 Å². The Morgan fingerprint density at radius 1 is 1.20 bits per heavy atom. The van der Waals surface area contributed by atoms with E-state index in [1.165, 1.54) is 17.3 Å². The van der Waals surface area contributed by atoms with Gasteiger partial charge in [0.15, 0.2) is 11.9 Å². The Kier molecular flexibility index (Phi) is 8.08. The third kappa shape index (κ3) is 5.68. The van der Waals surface area contributed by atoms with Crippen LogP contribution in [0.25, 0.3) is 10.9 Å². The first kappa shape index (κ1) is 25.2. The Balaban J connectivity index is 1.68. The van der Waals surface area contributed by atoms with Crippen LogP contribution in [-0.2, 0) is 9.53 Å². The quantitative estimate of drug-likeness (QED) is 0.286. The van der Waals surface area contributed by atoms with Crippen LogP contribution in [-0.4, -0.2) is 34.6 Å². The van der Waals surface area contributed by atoms with Crippen LogP contribution >= 0.6 is 23.2 Å². The smallest absolute Gasteiger partial charge is 0.347 e. The van der Waals surface area contributed by atoms with E-state index in [0.29, 0.717) is 22.3 Å². The second-order valence-electron chi connectivity index (χ2n) is 8.51. The number of rotatable bonds is 7. The summed E-state index contributed by atoms with van der Waals surface area (Å²) in [5.41, 5.74) is 1.03. The molecule has 1 saturated carbocycles. The van der Waals surface area contributed by atoms with Crippen molar-refractivity contribution >= 4 is 46.3 Å². The lowest BCUT2D eigenvalue weighted by molar-refractivity contribution is -0.150. The summed E-state index contributed by atoms with van der Waals surface area (Å²) >= 11 is 12.8. The zero-order chi connectivity index (χ0) is 24.9. The third-order valence-electron chi connectivity index (χ3n) is 6.01. The van der Waals surface area contributed by atoms with Crippen molar-refractivity contribution in [2.45, 2.75) is 58.0 Å². The number of benzene rings is 2. The van der Waals surface area contributed by atoms with E-state index in [-0.39, 0.29) is 33.9 Å². The average Bonchev–Trinajstić information content (AvgIpc) is 2.86. The minimum absolute atomic E-state index is 0.172. The Labute approximate surface area is 213 Å². The van der Waals surface area contributed by atoms with Crippen molar-refractivity contribution in [3.8, 4) is 5.75 Å². The molecule has 4 rings (SSSR count). The molecule has 1 aliphatic rings. The van der Waals surface area contributed by atoms with Crippen LogP contribution in [0.1, 0.15) is 63.3 Å². The van der Waals surface area contributed by atoms with Crippen molar-refractivity contribution in [1.82, 2.24) is 9.66 Å². The molecule has 7 nitrogen and oxygen atoms in total. The van der Waals surface area contributed by atoms with E-state index in [2.05, 4.69) is 5.10 Å². The van der Waals surface area contributed by atoms with Gasteiger partial charge in [-0.05, 0) is 56.5 Å². The number of aromatic nitrogens is 2. The van der Waals surface area contributed by atoms with Crippen molar-refractivity contribution in [2.24, 2.45) is 5.10 Å². The number of ether oxygens (including phenoxy) is 2. The number of nitrogens with zero attached hydrogens (tertiary/aromatic N) is 3. The van der Waals surface area contributed by atoms with E-state index in [0.717, 1.165) is 25.7 Å². The van der Waals surface area contributed by atoms with Crippen LogP contribution in [0.5, 0.6) is 5.75 Å². The van der Waals surface area contributed by atoms with Gasteiger partial charge in [0.2, 0.25) is 0 Å². The molecule has 0 amide bonds. The Bertz CT molecular complexity index is 1290. The summed E-state index contributed by atoms with van der Waals surface area (Å²) in [6, 6.07) is 10.5. The highest BCUT2D eigenvalue weighted by Gasteiger charge is 2.23. The van der Waals surface area contributed by atoms with Crippen LogP contribution in [0.15, 0.2) is 46.3 Å². The minimum atomic E-state index is -0.871. The molecule has 0 radical (unpaired) electrons. The normalized spacial score (nSPS) is 15.4. The fourth-order valence-corrected chi connectivity index (χ4v) is 4.85. The van der Waals surface area contributed by atoms with Crippen LogP contribution < -0.4 is 10.3 Å². The second-order valence-corrected chi connectivity index (χ2v) is 9.32. The summed E-state index contributed by atoms with van der Waals surface area (Å²) in [7, 11) is 0. The maximum atomic E-state index is 13.3. The standard InChI is InChI=1S/C26H27Cl2N3O4/c1-3-34-26(33)16(2)35-23-20(27)13-17(14-21(23)28)15-29-31-24(18-9-5-4-6-10-18)30-22-12-8-7-11-19(22)25(31)32/h7-8,11-16,18H,3-6,9-10H2,1-2H3/t16-/m0/s1. The summed E-state index contributed by atoms with van der Waals surface area (Å²) in [6.45, 7) is 3.52. The maximum absolute atomic E-state index is 13.3. The first-order chi connectivity index (χ1) is 16.9. The van der Waals surface area contributed by atoms with Gasteiger partial charge in [0, 0.05) is 5.92 Å². The number of esters is 1. The molecule has 1 heterocycles. The fourth-order valence-electron chi connectivity index (χ4n) is 4.25. The van der Waals surface area contributed by atoms with Gasteiger partial charge in [0.25, 0.3) is 5.56 Å². The number of hydrogen-bond acceptors (Lipinski definition) is 6. The topological polar surface area (TPSA) is 82.8 Å². The van der Waals surface area contributed by atoms with Crippen molar-refractivity contribution < 1.29 is 14.3 Å². The predicted molar refractivity (Wildman–Crippen MR) is 138 cm³/mol. The molecule has 2 aromatic carbocycles. The molecule has 3 aromatic rings. The molecule has 35 heavy (non-hydrogen) atoms. The first-order valence-corrected chi connectivity index (χ1v) is 12.5. The molecule has 9 heteroatoms. The fraction of sp³-hybridized carbons (Fsp3) is 0.385. The van der Waals surface area contributed by atoms with Crippen LogP contribution in [0.4, 0.5) is 0 Å². The lowest BCUT2D eigenvalue weighted by Gasteiger charge is -2.22. The van der Waals surface area contributed by atoms with Crippen molar-refractivity contribution in [3.63, 3.8) is 0 Å². The van der Waals surface area contributed by atoms with Gasteiger partial charge in [-0.3, -0.25) is 4.79 Å². The number of para-hydroxylation sites is 1. The molecule has 0 bridgehead atoms. The average molecular weight is 516 g/mol. The molecular formula is C26H27Cl2N3O4. The largest absolute Gasteiger partial charge is 0.476 e. The van der Waals surface area contributed by atoms with Crippen LogP contribution in [0, 0.1) is 0 Å². The summed E-state index contributed by atoms with van der Waals surface area (Å²) in [6.07, 6.45) is 6.01. The molecule has 0 aliphatic heterocycles. The highest BCUT2D eigenvalue weighted by molar-refractivity contribution is 6.37. The number of carbonyl (C=O) groups is 1. The number of hydrogen-bond donors (Lipinski definition) is 0. The molecular weight excluding hydrogens is 489 g/mol. The Morgan fingerprint density at radius 2 is 1.89 bits per heavy atom. The van der Waals surface area contributed by atoms with Crippen molar-refractivity contribution in [3.05, 3.63) is 68.2 Å². The first-order valence-electron chi connectivity index (χ1n) is 11.8. The van der Waals surface area contributed by atoms with E-state index in [4.69, 9.17) is 37.7 Å². The van der Waals surface area contributed by atoms with Crippen molar-refractivity contribution in [2.75, 3.05) is 6.61 Å². The minimum Gasteiger partial charge on any atom is -0.476 e. The maximum Gasteiger partial charge on any atom is 0.347 e. The van der Waals surface area contributed by atoms with E-state index in [1.54, 1.807) is 32.0 Å². The highest BCUT2D eigenvalue weighted by atomic mass is 35.5. The Morgan fingerprint density at radius 3 is 2.57 bits per heavy atom. The zero-order valence-corrected chi connectivity index (χ0v) is 21.2. The number of fused-ring (bicyclic) bond motifs is 1. The van der Waals surface area contributed by atoms with Gasteiger partial charge in [-0.1, -0.05) is 54.6 Å². The Hall–Kier alpha value is -2.90. The highest BCUT2D eigenvalue weighted by Crippen LogP contribution is 2.35. The molecule has 0 spiro atoms. The van der Waals surface area contributed by atoms with Gasteiger partial charge in [0.1, 0.15) is 5.82 Å². The monoisotopic (exact) mass is 515 g/mol. The van der Waals surface area contributed by atoms with Crippen LogP contribution in [0.2, 0.25) is 10.0 Å². The molecule has 184 valence electrons. The second kappa shape index (κ2) is 11.2. The number of halogens is 2. The summed E-state index contributed by atoms with van der Waals surface area (Å²) in [5.74, 6) is 0.512. The van der Waals surface area contributed by atoms with E-state index >= 15 is 0 Å². The van der Waals surface area contributed by atoms with Gasteiger partial charge >= 0.3 is 5.97 Å². The SMILES string of the molecule is CCOC(=O)[C@H](C)Oc1c(Cl)cc(C=Nn2c(C3CCCCC3)nc3ccccc3c2=O)cc1Cl. The number of carbonyl (C=O) groups excluding carboxylic acids is 1. The van der Waals surface area contributed by atoms with E-state index in [9.17, 15) is 9.59 Å². The van der Waals surface area contributed by atoms with E-state index < -0.39 is 12.1 Å². The molecule has 1 atom stereocenters. The predicted octanol–water partition coefficient (Wildman–Crippen LogP) is 5.96. The molecule has 0 unspecified atom stereocenters.